The van der Waals surface area contributed by atoms with Crippen LogP contribution in [0.15, 0.2) is 29.2 Å². The van der Waals surface area contributed by atoms with Crippen LogP contribution in [0, 0.1) is 5.41 Å². The predicted octanol–water partition coefficient (Wildman–Crippen LogP) is 1.25. The van der Waals surface area contributed by atoms with Crippen molar-refractivity contribution < 1.29 is 17.9 Å². The van der Waals surface area contributed by atoms with Crippen molar-refractivity contribution in [1.82, 2.24) is 4.31 Å². The van der Waals surface area contributed by atoms with Crippen LogP contribution in [-0.2, 0) is 14.8 Å². The Labute approximate surface area is 137 Å². The van der Waals surface area contributed by atoms with E-state index < -0.39 is 16.0 Å². The largest absolute Gasteiger partial charge is 0.465 e. The molecule has 0 radical (unpaired) electrons. The molecule has 1 aliphatic heterocycles. The Kier molecular flexibility index (Phi) is 5.97. The maximum Gasteiger partial charge on any atom is 0.337 e. The molecule has 22 heavy (non-hydrogen) atoms. The predicted molar refractivity (Wildman–Crippen MR) is 85.6 cm³/mol. The smallest absolute Gasteiger partial charge is 0.337 e. The molecule has 124 valence electrons. The molecule has 2 N–H and O–H groups in total. The first kappa shape index (κ1) is 18.9. The first-order valence-electron chi connectivity index (χ1n) is 6.71. The maximum absolute atomic E-state index is 12.6. The fourth-order valence-electron chi connectivity index (χ4n) is 2.38. The number of hydrogen-bond donors (Lipinski definition) is 1. The van der Waals surface area contributed by atoms with Gasteiger partial charge in [-0.3, -0.25) is 0 Å². The number of benzene rings is 1. The van der Waals surface area contributed by atoms with Crippen molar-refractivity contribution in [2.45, 2.75) is 18.2 Å². The number of sulfonamides is 1. The minimum atomic E-state index is -3.54. The van der Waals surface area contributed by atoms with Gasteiger partial charge in [-0.25, -0.2) is 13.2 Å². The van der Waals surface area contributed by atoms with E-state index in [9.17, 15) is 13.2 Å². The van der Waals surface area contributed by atoms with Gasteiger partial charge in [-0.2, -0.15) is 4.31 Å². The third-order valence-corrected chi connectivity index (χ3v) is 5.79. The molecule has 1 fully saturated rings. The Balaban J connectivity index is 0.00000242. The van der Waals surface area contributed by atoms with Crippen molar-refractivity contribution >= 4 is 28.4 Å². The lowest BCUT2D eigenvalue weighted by molar-refractivity contribution is 0.0600. The van der Waals surface area contributed by atoms with Crippen LogP contribution in [-0.4, -0.2) is 45.4 Å². The van der Waals surface area contributed by atoms with Crippen molar-refractivity contribution in [3.63, 3.8) is 0 Å². The van der Waals surface area contributed by atoms with Gasteiger partial charge in [0.05, 0.1) is 17.6 Å². The fraction of sp³-hybridized carbons (Fsp3) is 0.500. The van der Waals surface area contributed by atoms with Gasteiger partial charge in [0.25, 0.3) is 0 Å². The Morgan fingerprint density at radius 1 is 1.36 bits per heavy atom. The minimum absolute atomic E-state index is 0. The van der Waals surface area contributed by atoms with E-state index in [2.05, 4.69) is 4.74 Å². The lowest BCUT2D eigenvalue weighted by atomic mass is 9.90. The second-order valence-electron chi connectivity index (χ2n) is 5.62. The summed E-state index contributed by atoms with van der Waals surface area (Å²) >= 11 is 0. The molecule has 1 aliphatic rings. The molecule has 0 spiro atoms. The van der Waals surface area contributed by atoms with E-state index in [1.54, 1.807) is 0 Å². The molecule has 1 heterocycles. The zero-order chi connectivity index (χ0) is 15.7. The highest BCUT2D eigenvalue weighted by molar-refractivity contribution is 7.89. The second-order valence-corrected chi connectivity index (χ2v) is 7.56. The van der Waals surface area contributed by atoms with Crippen LogP contribution in [0.3, 0.4) is 0 Å². The van der Waals surface area contributed by atoms with E-state index >= 15 is 0 Å². The minimum Gasteiger partial charge on any atom is -0.465 e. The van der Waals surface area contributed by atoms with Crippen LogP contribution in [0.2, 0.25) is 0 Å². The van der Waals surface area contributed by atoms with Crippen molar-refractivity contribution in [2.75, 3.05) is 26.7 Å². The van der Waals surface area contributed by atoms with Crippen LogP contribution < -0.4 is 5.73 Å². The molecular formula is C14H21ClN2O4S. The van der Waals surface area contributed by atoms with Gasteiger partial charge in [-0.15, -0.1) is 12.4 Å². The molecule has 0 aromatic heterocycles. The number of ether oxygens (including phenoxy) is 1. The third-order valence-electron chi connectivity index (χ3n) is 3.93. The number of halogens is 1. The number of methoxy groups -OCH3 is 1. The summed E-state index contributed by atoms with van der Waals surface area (Å²) in [5, 5.41) is 0. The number of nitrogens with zero attached hydrogens (tertiary/aromatic N) is 1. The van der Waals surface area contributed by atoms with E-state index in [1.165, 1.54) is 35.7 Å². The number of carbonyl (C=O) groups excluding carboxylic acids is 1. The summed E-state index contributed by atoms with van der Waals surface area (Å²) in [5.41, 5.74) is 5.86. The Morgan fingerprint density at radius 2 is 1.95 bits per heavy atom. The lowest BCUT2D eigenvalue weighted by Gasteiger charge is -2.22. The SMILES string of the molecule is COC(=O)c1ccc(S(=O)(=O)N2CCC(C)(CN)C2)cc1.Cl. The van der Waals surface area contributed by atoms with Crippen LogP contribution >= 0.6 is 12.4 Å². The van der Waals surface area contributed by atoms with Gasteiger partial charge in [0.2, 0.25) is 10.0 Å². The highest BCUT2D eigenvalue weighted by atomic mass is 35.5. The standard InChI is InChI=1S/C14H20N2O4S.ClH/c1-14(9-15)7-8-16(10-14)21(18,19)12-5-3-11(4-6-12)13(17)20-2;/h3-6H,7-10,15H2,1-2H3;1H. The average molecular weight is 349 g/mol. The third kappa shape index (κ3) is 3.60. The summed E-state index contributed by atoms with van der Waals surface area (Å²) in [4.78, 5) is 11.5. The molecule has 0 bridgehead atoms. The zero-order valence-electron chi connectivity index (χ0n) is 12.6. The van der Waals surface area contributed by atoms with Crippen molar-refractivity contribution in [1.29, 1.82) is 0 Å². The fourth-order valence-corrected chi connectivity index (χ4v) is 3.97. The molecule has 1 atom stereocenters. The first-order valence-corrected chi connectivity index (χ1v) is 8.15. The molecule has 1 saturated heterocycles. The summed E-state index contributed by atoms with van der Waals surface area (Å²) in [6.45, 7) is 3.34. The molecular weight excluding hydrogens is 328 g/mol. The summed E-state index contributed by atoms with van der Waals surface area (Å²) in [6, 6.07) is 5.77. The maximum atomic E-state index is 12.6. The van der Waals surface area contributed by atoms with Crippen molar-refractivity contribution in [3.8, 4) is 0 Å². The van der Waals surface area contributed by atoms with Crippen LogP contribution in [0.25, 0.3) is 0 Å². The molecule has 0 aliphatic carbocycles. The average Bonchev–Trinajstić information content (AvgIpc) is 2.90. The van der Waals surface area contributed by atoms with Crippen LogP contribution in [0.5, 0.6) is 0 Å². The molecule has 6 nitrogen and oxygen atoms in total. The van der Waals surface area contributed by atoms with Gasteiger partial charge in [-0.05, 0) is 42.6 Å². The van der Waals surface area contributed by atoms with Gasteiger partial charge >= 0.3 is 5.97 Å². The molecule has 1 aromatic carbocycles. The lowest BCUT2D eigenvalue weighted by Crippen LogP contribution is -2.34. The van der Waals surface area contributed by atoms with Gasteiger partial charge in [0, 0.05) is 13.1 Å². The van der Waals surface area contributed by atoms with E-state index in [1.807, 2.05) is 6.92 Å². The van der Waals surface area contributed by atoms with E-state index in [-0.39, 0.29) is 22.7 Å². The molecule has 8 heteroatoms. The first-order chi connectivity index (χ1) is 9.82. The Morgan fingerprint density at radius 3 is 2.41 bits per heavy atom. The van der Waals surface area contributed by atoms with Gasteiger partial charge in [0.1, 0.15) is 0 Å². The summed E-state index contributed by atoms with van der Waals surface area (Å²) in [7, 11) is -2.26. The van der Waals surface area contributed by atoms with Gasteiger partial charge in [-0.1, -0.05) is 6.92 Å². The van der Waals surface area contributed by atoms with Gasteiger partial charge in [0.15, 0.2) is 0 Å². The highest BCUT2D eigenvalue weighted by Gasteiger charge is 2.38. The Hall–Kier alpha value is -1.15. The van der Waals surface area contributed by atoms with Gasteiger partial charge < -0.3 is 10.5 Å². The van der Waals surface area contributed by atoms with E-state index in [0.29, 0.717) is 25.2 Å². The van der Waals surface area contributed by atoms with Crippen molar-refractivity contribution in [2.24, 2.45) is 11.1 Å². The van der Waals surface area contributed by atoms with E-state index in [4.69, 9.17) is 5.73 Å². The quantitative estimate of drug-likeness (QED) is 0.827. The van der Waals surface area contributed by atoms with E-state index in [0.717, 1.165) is 6.42 Å². The van der Waals surface area contributed by atoms with Crippen molar-refractivity contribution in [3.05, 3.63) is 29.8 Å². The molecule has 1 aromatic rings. The monoisotopic (exact) mass is 348 g/mol. The topological polar surface area (TPSA) is 89.7 Å². The van der Waals surface area contributed by atoms with Crippen LogP contribution in [0.4, 0.5) is 0 Å². The molecule has 0 amide bonds. The highest BCUT2D eigenvalue weighted by Crippen LogP contribution is 2.32. The van der Waals surface area contributed by atoms with Crippen LogP contribution in [0.1, 0.15) is 23.7 Å². The molecule has 1 unspecified atom stereocenters. The molecule has 2 rings (SSSR count). The second kappa shape index (κ2) is 6.95. The Bertz CT molecular complexity index is 633. The number of carbonyl (C=O) groups is 1. The number of rotatable bonds is 4. The summed E-state index contributed by atoms with van der Waals surface area (Å²) < 4.78 is 31.2. The summed E-state index contributed by atoms with van der Waals surface area (Å²) in [6.07, 6.45) is 0.753. The number of esters is 1. The molecule has 0 saturated carbocycles. The number of nitrogens with two attached hydrogens (primary N) is 1. The summed E-state index contributed by atoms with van der Waals surface area (Å²) in [5.74, 6) is -0.490. The zero-order valence-corrected chi connectivity index (χ0v) is 14.2. The number of hydrogen-bond acceptors (Lipinski definition) is 5. The normalized spacial score (nSPS) is 22.1.